The highest BCUT2D eigenvalue weighted by molar-refractivity contribution is 6.28. The molecule has 144 valence electrons. The number of hydrogen-bond donors (Lipinski definition) is 2. The number of allylic oxidation sites excluding steroid dienone is 1. The monoisotopic (exact) mass is 374 g/mol. The third-order valence-corrected chi connectivity index (χ3v) is 4.41. The van der Waals surface area contributed by atoms with Crippen molar-refractivity contribution >= 4 is 23.5 Å². The fraction of sp³-hybridized carbons (Fsp3) is 0.389. The molecule has 3 rings (SSSR count). The number of carbonyl (C=O) groups is 3. The van der Waals surface area contributed by atoms with Gasteiger partial charge in [0.1, 0.15) is 5.75 Å². The highest BCUT2D eigenvalue weighted by atomic mass is 16.5. The van der Waals surface area contributed by atoms with Crippen LogP contribution in [-0.2, 0) is 14.3 Å². The Balaban J connectivity index is 1.84. The van der Waals surface area contributed by atoms with Gasteiger partial charge in [0, 0.05) is 18.8 Å². The van der Waals surface area contributed by atoms with E-state index in [4.69, 9.17) is 9.47 Å². The first-order valence-electron chi connectivity index (χ1n) is 8.63. The number of morpholine rings is 1. The second kappa shape index (κ2) is 8.19. The number of benzene rings is 1. The molecule has 1 aromatic rings. The van der Waals surface area contributed by atoms with Crippen LogP contribution < -0.4 is 20.4 Å². The van der Waals surface area contributed by atoms with Crippen molar-refractivity contribution in [1.82, 2.24) is 15.8 Å². The number of rotatable bonds is 5. The zero-order valence-corrected chi connectivity index (χ0v) is 15.2. The van der Waals surface area contributed by atoms with Crippen LogP contribution in [-0.4, -0.2) is 56.3 Å². The topological polar surface area (TPSA) is 100 Å². The summed E-state index contributed by atoms with van der Waals surface area (Å²) in [7, 11) is 1.53. The molecule has 27 heavy (non-hydrogen) atoms. The average molecular weight is 374 g/mol. The number of hydrazine groups is 1. The predicted molar refractivity (Wildman–Crippen MR) is 96.8 cm³/mol. The molecule has 2 heterocycles. The van der Waals surface area contributed by atoms with Crippen molar-refractivity contribution in [2.45, 2.75) is 6.92 Å². The summed E-state index contributed by atoms with van der Waals surface area (Å²) >= 11 is 0. The van der Waals surface area contributed by atoms with Gasteiger partial charge in [0.15, 0.2) is 5.92 Å². The summed E-state index contributed by atoms with van der Waals surface area (Å²) in [5.41, 5.74) is 3.90. The number of nitrogens with zero attached hydrogens (tertiary/aromatic N) is 2. The van der Waals surface area contributed by atoms with Crippen LogP contribution in [0.25, 0.3) is 0 Å². The molecule has 2 fully saturated rings. The standard InChI is InChI=1S/C18H22N4O5/c1-3-14(20-21-8-10-27-11-9-21)15-16(23)19-18(25)22(17(15)24)12-4-6-13(26-2)7-5-12/h3-7,15,20H,8-11H2,1-2H3,(H,19,23,25)/b14-3-/t15-/m0/s1. The summed E-state index contributed by atoms with van der Waals surface area (Å²) in [4.78, 5) is 38.7. The second-order valence-corrected chi connectivity index (χ2v) is 6.05. The van der Waals surface area contributed by atoms with Crippen molar-refractivity contribution in [2.24, 2.45) is 5.92 Å². The van der Waals surface area contributed by atoms with Crippen molar-refractivity contribution in [2.75, 3.05) is 38.3 Å². The first kappa shape index (κ1) is 18.9. The number of carbonyl (C=O) groups excluding carboxylic acids is 3. The lowest BCUT2D eigenvalue weighted by Gasteiger charge is -2.35. The zero-order valence-electron chi connectivity index (χ0n) is 15.2. The van der Waals surface area contributed by atoms with E-state index in [0.29, 0.717) is 43.4 Å². The van der Waals surface area contributed by atoms with Gasteiger partial charge < -0.3 is 14.9 Å². The lowest BCUT2D eigenvalue weighted by molar-refractivity contribution is -0.133. The largest absolute Gasteiger partial charge is 0.497 e. The maximum Gasteiger partial charge on any atom is 0.335 e. The number of urea groups is 1. The molecule has 0 unspecified atom stereocenters. The van der Waals surface area contributed by atoms with E-state index >= 15 is 0 Å². The van der Waals surface area contributed by atoms with Crippen molar-refractivity contribution in [3.05, 3.63) is 36.0 Å². The number of nitrogens with one attached hydrogen (secondary N) is 2. The maximum absolute atomic E-state index is 13.0. The molecule has 0 saturated carbocycles. The summed E-state index contributed by atoms with van der Waals surface area (Å²) in [6, 6.07) is 5.70. The van der Waals surface area contributed by atoms with Gasteiger partial charge in [-0.15, -0.1) is 0 Å². The van der Waals surface area contributed by atoms with Gasteiger partial charge in [-0.3, -0.25) is 14.9 Å². The van der Waals surface area contributed by atoms with E-state index in [-0.39, 0.29) is 0 Å². The fourth-order valence-corrected chi connectivity index (χ4v) is 2.98. The molecular formula is C18H22N4O5. The number of hydrogen-bond acceptors (Lipinski definition) is 7. The molecule has 0 radical (unpaired) electrons. The molecule has 9 nitrogen and oxygen atoms in total. The number of methoxy groups -OCH3 is 1. The number of anilines is 1. The molecule has 2 saturated heterocycles. The van der Waals surface area contributed by atoms with Crippen molar-refractivity contribution < 1.29 is 23.9 Å². The Bertz CT molecular complexity index is 756. The molecule has 0 spiro atoms. The minimum atomic E-state index is -1.14. The van der Waals surface area contributed by atoms with E-state index in [2.05, 4.69) is 10.7 Å². The summed E-state index contributed by atoms with van der Waals surface area (Å²) in [5, 5.41) is 4.14. The molecule has 1 aromatic carbocycles. The minimum Gasteiger partial charge on any atom is -0.497 e. The van der Waals surface area contributed by atoms with Crippen LogP contribution in [0.2, 0.25) is 0 Å². The summed E-state index contributed by atoms with van der Waals surface area (Å²) < 4.78 is 10.4. The van der Waals surface area contributed by atoms with Gasteiger partial charge in [-0.1, -0.05) is 6.08 Å². The number of ether oxygens (including phenoxy) is 2. The fourth-order valence-electron chi connectivity index (χ4n) is 2.98. The van der Waals surface area contributed by atoms with Gasteiger partial charge in [-0.05, 0) is 31.2 Å². The number of imide groups is 2. The number of amides is 4. The predicted octanol–water partition coefficient (Wildman–Crippen LogP) is 0.635. The van der Waals surface area contributed by atoms with Crippen LogP contribution in [0, 0.1) is 5.92 Å². The van der Waals surface area contributed by atoms with Crippen LogP contribution >= 0.6 is 0 Å². The van der Waals surface area contributed by atoms with E-state index < -0.39 is 23.8 Å². The Morgan fingerprint density at radius 3 is 2.48 bits per heavy atom. The highest BCUT2D eigenvalue weighted by Crippen LogP contribution is 2.25. The van der Waals surface area contributed by atoms with Crippen LogP contribution in [0.3, 0.4) is 0 Å². The molecule has 9 heteroatoms. The van der Waals surface area contributed by atoms with E-state index in [0.717, 1.165) is 4.90 Å². The molecule has 0 bridgehead atoms. The molecule has 1 atom stereocenters. The molecule has 0 aliphatic carbocycles. The average Bonchev–Trinajstić information content (AvgIpc) is 2.68. The van der Waals surface area contributed by atoms with E-state index in [9.17, 15) is 14.4 Å². The van der Waals surface area contributed by atoms with Gasteiger partial charge in [0.05, 0.1) is 26.0 Å². The van der Waals surface area contributed by atoms with Crippen LogP contribution in [0.4, 0.5) is 10.5 Å². The Morgan fingerprint density at radius 1 is 1.22 bits per heavy atom. The van der Waals surface area contributed by atoms with Crippen molar-refractivity contribution in [3.8, 4) is 5.75 Å². The SMILES string of the molecule is C/C=C(\NN1CCOCC1)[C@H]1C(=O)NC(=O)N(c2ccc(OC)cc2)C1=O. The van der Waals surface area contributed by atoms with Crippen LogP contribution in [0.1, 0.15) is 6.92 Å². The normalized spacial score (nSPS) is 21.9. The molecule has 0 aromatic heterocycles. The third kappa shape index (κ3) is 3.93. The van der Waals surface area contributed by atoms with Crippen molar-refractivity contribution in [1.29, 1.82) is 0 Å². The smallest absolute Gasteiger partial charge is 0.335 e. The molecule has 2 N–H and O–H groups in total. The molecule has 2 aliphatic rings. The quantitative estimate of drug-likeness (QED) is 0.730. The van der Waals surface area contributed by atoms with Crippen LogP contribution in [0.5, 0.6) is 5.75 Å². The second-order valence-electron chi connectivity index (χ2n) is 6.05. The third-order valence-electron chi connectivity index (χ3n) is 4.41. The Morgan fingerprint density at radius 2 is 1.89 bits per heavy atom. The van der Waals surface area contributed by atoms with E-state index in [1.54, 1.807) is 37.3 Å². The summed E-state index contributed by atoms with van der Waals surface area (Å²) in [6.07, 6.45) is 1.67. The van der Waals surface area contributed by atoms with Gasteiger partial charge >= 0.3 is 6.03 Å². The maximum atomic E-state index is 13.0. The Hall–Kier alpha value is -2.91. The summed E-state index contributed by atoms with van der Waals surface area (Å²) in [5.74, 6) is -1.80. The lowest BCUT2D eigenvalue weighted by atomic mass is 10.00. The first-order chi connectivity index (χ1) is 13.0. The first-order valence-corrected chi connectivity index (χ1v) is 8.63. The highest BCUT2D eigenvalue weighted by Gasteiger charge is 2.43. The molecular weight excluding hydrogens is 352 g/mol. The van der Waals surface area contributed by atoms with Gasteiger partial charge in [0.25, 0.3) is 5.91 Å². The van der Waals surface area contributed by atoms with Gasteiger partial charge in [-0.2, -0.15) is 0 Å². The lowest BCUT2D eigenvalue weighted by Crippen LogP contribution is -2.60. The zero-order chi connectivity index (χ0) is 19.4. The van der Waals surface area contributed by atoms with Gasteiger partial charge in [0.2, 0.25) is 5.91 Å². The molecule has 2 aliphatic heterocycles. The Labute approximate surface area is 156 Å². The molecule has 4 amide bonds. The number of barbiturate groups is 1. The van der Waals surface area contributed by atoms with Crippen molar-refractivity contribution in [3.63, 3.8) is 0 Å². The van der Waals surface area contributed by atoms with E-state index in [1.165, 1.54) is 7.11 Å². The van der Waals surface area contributed by atoms with E-state index in [1.807, 2.05) is 5.01 Å². The minimum absolute atomic E-state index is 0.359. The van der Waals surface area contributed by atoms with Gasteiger partial charge in [-0.25, -0.2) is 14.7 Å². The summed E-state index contributed by atoms with van der Waals surface area (Å²) in [6.45, 7) is 4.11. The van der Waals surface area contributed by atoms with Crippen LogP contribution in [0.15, 0.2) is 36.0 Å². The Kier molecular flexibility index (Phi) is 5.72.